The van der Waals surface area contributed by atoms with Gasteiger partial charge < -0.3 is 4.74 Å². The van der Waals surface area contributed by atoms with Crippen molar-refractivity contribution in [1.82, 2.24) is 0 Å². The zero-order chi connectivity index (χ0) is 24.1. The average molecular weight is 465 g/mol. The van der Waals surface area contributed by atoms with Crippen molar-refractivity contribution < 1.29 is 17.9 Å². The topological polar surface area (TPSA) is 9.23 Å². The lowest BCUT2D eigenvalue weighted by atomic mass is 9.79. The summed E-state index contributed by atoms with van der Waals surface area (Å²) in [6.45, 7) is 6.04. The maximum atomic E-state index is 15.0. The normalized spacial score (nSPS) is 18.0. The number of ether oxygens (including phenoxy) is 1. The molecule has 0 spiro atoms. The van der Waals surface area contributed by atoms with Gasteiger partial charge in [0.05, 0.1) is 6.61 Å². The highest BCUT2D eigenvalue weighted by Gasteiger charge is 2.19. The molecule has 1 aliphatic carbocycles. The monoisotopic (exact) mass is 464 g/mol. The molecule has 1 nitrogen and oxygen atoms in total. The van der Waals surface area contributed by atoms with Gasteiger partial charge in [0.2, 0.25) is 0 Å². The summed E-state index contributed by atoms with van der Waals surface area (Å²) in [7, 11) is 0. The zero-order valence-electron chi connectivity index (χ0n) is 19.6. The van der Waals surface area contributed by atoms with E-state index in [9.17, 15) is 13.2 Å². The molecule has 0 bridgehead atoms. The van der Waals surface area contributed by atoms with Gasteiger partial charge in [0.25, 0.3) is 0 Å². The van der Waals surface area contributed by atoms with Gasteiger partial charge in [-0.25, -0.2) is 13.2 Å². The summed E-state index contributed by atoms with van der Waals surface area (Å²) >= 11 is 0. The van der Waals surface area contributed by atoms with Crippen molar-refractivity contribution in [1.29, 1.82) is 0 Å². The van der Waals surface area contributed by atoms with Gasteiger partial charge in [0.15, 0.2) is 11.6 Å². The maximum absolute atomic E-state index is 15.0. The second-order valence-electron chi connectivity index (χ2n) is 9.13. The fraction of sp³-hybridized carbons (Fsp3) is 0.333. The summed E-state index contributed by atoms with van der Waals surface area (Å²) in [6.07, 6.45) is 8.42. The lowest BCUT2D eigenvalue weighted by molar-refractivity contribution is 0.295. The molecule has 0 heterocycles. The predicted molar refractivity (Wildman–Crippen MR) is 132 cm³/mol. The molecule has 0 N–H and O–H groups in total. The third-order valence-corrected chi connectivity index (χ3v) is 6.94. The molecular weight excluding hydrogens is 433 g/mol. The largest absolute Gasteiger partial charge is 0.491 e. The van der Waals surface area contributed by atoms with Gasteiger partial charge in [0, 0.05) is 5.56 Å². The lowest BCUT2D eigenvalue weighted by Gasteiger charge is -2.26. The third kappa shape index (κ3) is 5.55. The van der Waals surface area contributed by atoms with Crippen molar-refractivity contribution in [2.24, 2.45) is 11.8 Å². The predicted octanol–water partition coefficient (Wildman–Crippen LogP) is 8.76. The van der Waals surface area contributed by atoms with E-state index in [-0.39, 0.29) is 11.6 Å². The first-order chi connectivity index (χ1) is 16.5. The molecule has 0 unspecified atom stereocenters. The molecule has 1 aliphatic rings. The fourth-order valence-electron chi connectivity index (χ4n) is 4.87. The Morgan fingerprint density at radius 2 is 1.47 bits per heavy atom. The number of rotatable bonds is 8. The van der Waals surface area contributed by atoms with E-state index >= 15 is 0 Å². The molecule has 0 atom stereocenters. The lowest BCUT2D eigenvalue weighted by Crippen LogP contribution is -2.13. The minimum atomic E-state index is -0.491. The minimum absolute atomic E-state index is 0.170. The third-order valence-electron chi connectivity index (χ3n) is 6.94. The molecule has 4 heteroatoms. The van der Waals surface area contributed by atoms with Crippen LogP contribution in [0.3, 0.4) is 0 Å². The number of halogens is 3. The van der Waals surface area contributed by atoms with Gasteiger partial charge in [-0.15, -0.1) is 6.58 Å². The van der Waals surface area contributed by atoms with Crippen LogP contribution in [0.4, 0.5) is 13.2 Å². The van der Waals surface area contributed by atoms with Crippen molar-refractivity contribution in [3.05, 3.63) is 90.3 Å². The molecule has 0 saturated heterocycles. The number of benzene rings is 3. The SMILES string of the molecule is C=CC1CCC(CCc2ccc(-c3ccc(-c4ccc(OCC)c(F)c4)cc3F)cc2F)CC1. The van der Waals surface area contributed by atoms with Gasteiger partial charge in [0.1, 0.15) is 11.6 Å². The zero-order valence-corrected chi connectivity index (χ0v) is 19.6. The summed E-state index contributed by atoms with van der Waals surface area (Å²) in [6, 6.07) is 14.2. The van der Waals surface area contributed by atoms with Crippen LogP contribution in [0.2, 0.25) is 0 Å². The molecule has 34 heavy (non-hydrogen) atoms. The molecule has 3 aromatic rings. The minimum Gasteiger partial charge on any atom is -0.491 e. The first-order valence-corrected chi connectivity index (χ1v) is 12.1. The second kappa shape index (κ2) is 10.9. The van der Waals surface area contributed by atoms with E-state index in [1.54, 1.807) is 43.3 Å². The molecule has 0 aromatic heterocycles. The second-order valence-corrected chi connectivity index (χ2v) is 9.13. The Morgan fingerprint density at radius 3 is 2.09 bits per heavy atom. The van der Waals surface area contributed by atoms with Crippen LogP contribution in [0, 0.1) is 29.3 Å². The molecule has 0 radical (unpaired) electrons. The van der Waals surface area contributed by atoms with E-state index < -0.39 is 11.6 Å². The van der Waals surface area contributed by atoms with Crippen molar-refractivity contribution >= 4 is 0 Å². The van der Waals surface area contributed by atoms with E-state index in [2.05, 4.69) is 12.7 Å². The van der Waals surface area contributed by atoms with Crippen LogP contribution in [-0.4, -0.2) is 6.61 Å². The summed E-state index contributed by atoms with van der Waals surface area (Å²) < 4.78 is 49.2. The fourth-order valence-corrected chi connectivity index (χ4v) is 4.87. The Morgan fingerprint density at radius 1 is 0.824 bits per heavy atom. The van der Waals surface area contributed by atoms with Crippen molar-refractivity contribution in [2.75, 3.05) is 6.61 Å². The van der Waals surface area contributed by atoms with Crippen LogP contribution in [0.1, 0.15) is 44.6 Å². The van der Waals surface area contributed by atoms with E-state index in [4.69, 9.17) is 4.74 Å². The molecule has 178 valence electrons. The van der Waals surface area contributed by atoms with Crippen LogP contribution in [0.25, 0.3) is 22.3 Å². The van der Waals surface area contributed by atoms with Crippen molar-refractivity contribution in [2.45, 2.75) is 45.4 Å². The highest BCUT2D eigenvalue weighted by molar-refractivity contribution is 5.71. The number of allylic oxidation sites excluding steroid dienone is 1. The van der Waals surface area contributed by atoms with E-state index in [0.29, 0.717) is 52.7 Å². The van der Waals surface area contributed by atoms with Crippen molar-refractivity contribution in [3.8, 4) is 28.0 Å². The standard InChI is InChI=1S/C30H31F3O/c1-3-20-5-7-21(8-6-20)9-10-22-11-12-25(19-27(22)31)26-15-13-23(17-28(26)32)24-14-16-30(34-4-2)29(33)18-24/h3,11-21H,1,4-10H2,2H3. The molecule has 0 amide bonds. The molecule has 4 rings (SSSR count). The van der Waals surface area contributed by atoms with Crippen LogP contribution in [0.15, 0.2) is 67.3 Å². The van der Waals surface area contributed by atoms with Gasteiger partial charge >= 0.3 is 0 Å². The summed E-state index contributed by atoms with van der Waals surface area (Å²) in [5, 5.41) is 0. The summed E-state index contributed by atoms with van der Waals surface area (Å²) in [5.74, 6) is 0.167. The van der Waals surface area contributed by atoms with Crippen LogP contribution in [-0.2, 0) is 6.42 Å². The summed E-state index contributed by atoms with van der Waals surface area (Å²) in [4.78, 5) is 0. The Balaban J connectivity index is 1.45. The Kier molecular flexibility index (Phi) is 7.77. The van der Waals surface area contributed by atoms with E-state index in [1.165, 1.54) is 43.9 Å². The number of aryl methyl sites for hydroxylation is 1. The molecule has 3 aromatic carbocycles. The first-order valence-electron chi connectivity index (χ1n) is 12.1. The maximum Gasteiger partial charge on any atom is 0.165 e. The van der Waals surface area contributed by atoms with Crippen LogP contribution < -0.4 is 4.74 Å². The van der Waals surface area contributed by atoms with Gasteiger partial charge in [-0.1, -0.05) is 36.4 Å². The highest BCUT2D eigenvalue weighted by Crippen LogP contribution is 2.34. The van der Waals surface area contributed by atoms with E-state index in [0.717, 1.165) is 6.42 Å². The number of hydrogen-bond acceptors (Lipinski definition) is 1. The molecular formula is C30H31F3O. The van der Waals surface area contributed by atoms with Crippen molar-refractivity contribution in [3.63, 3.8) is 0 Å². The van der Waals surface area contributed by atoms with Crippen LogP contribution in [0.5, 0.6) is 5.75 Å². The van der Waals surface area contributed by atoms with Gasteiger partial charge in [-0.05, 0) is 104 Å². The Labute approximate surface area is 200 Å². The number of hydrogen-bond donors (Lipinski definition) is 0. The average Bonchev–Trinajstić information content (AvgIpc) is 2.85. The molecule has 1 saturated carbocycles. The summed E-state index contributed by atoms with van der Waals surface area (Å²) in [5.41, 5.74) is 2.59. The first kappa shape index (κ1) is 24.1. The Bertz CT molecular complexity index is 1150. The highest BCUT2D eigenvalue weighted by atomic mass is 19.1. The molecule has 0 aliphatic heterocycles. The Hall–Kier alpha value is -3.01. The van der Waals surface area contributed by atoms with Gasteiger partial charge in [-0.3, -0.25) is 0 Å². The van der Waals surface area contributed by atoms with Crippen LogP contribution >= 0.6 is 0 Å². The quantitative estimate of drug-likeness (QED) is 0.303. The van der Waals surface area contributed by atoms with Gasteiger partial charge in [-0.2, -0.15) is 0 Å². The molecule has 1 fully saturated rings. The smallest absolute Gasteiger partial charge is 0.165 e. The van der Waals surface area contributed by atoms with E-state index in [1.807, 2.05) is 0 Å².